The molecule has 20 atom stereocenters. The van der Waals surface area contributed by atoms with E-state index < -0.39 is 129 Å². The van der Waals surface area contributed by atoms with Crippen LogP contribution in [0.15, 0.2) is 42.2 Å². The lowest BCUT2D eigenvalue weighted by molar-refractivity contribution is -0.341. The van der Waals surface area contributed by atoms with Gasteiger partial charge in [-0.15, -0.1) is 0 Å². The van der Waals surface area contributed by atoms with Crippen molar-refractivity contribution in [3.8, 4) is 5.75 Å². The number of rotatable bonds is 19. The SMILES string of the molecule is C=C1Oc2ccccc2C=C1COC1C(O)[C@@H](OCC2CC(CC)[C@@H](O[C@@H]3OC(C)[C@@H](O)[C@H](O)C3O)[C@H](O[C@@H]3O[C@@H](CO)[C@H](O)C(O[C@@H](CC4CCCCC4)C(=O)N4CCC4)C3NC(C)=O)C2)OC(CO)[C@H]1O. The van der Waals surface area contributed by atoms with Gasteiger partial charge < -0.3 is 93.7 Å². The number of carbonyl (C=O) groups is 2. The van der Waals surface area contributed by atoms with Gasteiger partial charge in [-0.3, -0.25) is 9.59 Å². The number of hydrogen-bond acceptors (Lipinski definition) is 19. The zero-order chi connectivity index (χ0) is 52.1. The Morgan fingerprint density at radius 3 is 2.15 bits per heavy atom. The second-order valence-corrected chi connectivity index (χ2v) is 21.0. The molecule has 21 heteroatoms. The zero-order valence-corrected chi connectivity index (χ0v) is 42.0. The number of likely N-dealkylation sites (tertiary alicyclic amines) is 1. The fourth-order valence-electron chi connectivity index (χ4n) is 11.4. The van der Waals surface area contributed by atoms with Crippen molar-refractivity contribution in [1.29, 1.82) is 0 Å². The van der Waals surface area contributed by atoms with Gasteiger partial charge in [-0.1, -0.05) is 70.2 Å². The van der Waals surface area contributed by atoms with Gasteiger partial charge in [0.25, 0.3) is 5.91 Å². The molecule has 5 heterocycles. The van der Waals surface area contributed by atoms with Crippen molar-refractivity contribution in [2.45, 2.75) is 195 Å². The topological polar surface area (TPSA) is 294 Å². The van der Waals surface area contributed by atoms with Crippen LogP contribution in [0.2, 0.25) is 0 Å². The molecule has 2 saturated carbocycles. The van der Waals surface area contributed by atoms with E-state index in [4.69, 9.17) is 42.6 Å². The Kier molecular flexibility index (Phi) is 19.4. The van der Waals surface area contributed by atoms with Gasteiger partial charge >= 0.3 is 0 Å². The van der Waals surface area contributed by atoms with E-state index in [-0.39, 0.29) is 43.3 Å². The van der Waals surface area contributed by atoms with Gasteiger partial charge in [0, 0.05) is 31.1 Å². The van der Waals surface area contributed by atoms with Crippen LogP contribution in [0.4, 0.5) is 0 Å². The maximum absolute atomic E-state index is 14.1. The number of nitrogens with one attached hydrogen (secondary N) is 1. The molecule has 1 aromatic carbocycles. The molecule has 2 aliphatic carbocycles. The third-order valence-electron chi connectivity index (χ3n) is 15.8. The number of nitrogens with zero attached hydrogens (tertiary/aromatic N) is 1. The smallest absolute Gasteiger partial charge is 0.251 e. The van der Waals surface area contributed by atoms with E-state index in [9.17, 15) is 50.4 Å². The minimum absolute atomic E-state index is 0.0608. The van der Waals surface area contributed by atoms with E-state index in [0.717, 1.165) is 44.1 Å². The summed E-state index contributed by atoms with van der Waals surface area (Å²) in [6.45, 7) is 8.43. The summed E-state index contributed by atoms with van der Waals surface area (Å²) in [5, 5.41) is 91.0. The summed E-state index contributed by atoms with van der Waals surface area (Å²) >= 11 is 0. The van der Waals surface area contributed by atoms with Gasteiger partial charge in [-0.2, -0.15) is 0 Å². The van der Waals surface area contributed by atoms with Crippen LogP contribution in [-0.4, -0.2) is 207 Å². The fourth-order valence-corrected chi connectivity index (χ4v) is 11.4. The molecule has 8 rings (SSSR count). The van der Waals surface area contributed by atoms with E-state index in [1.54, 1.807) is 11.0 Å². The minimum Gasteiger partial charge on any atom is -0.457 e. The standard InChI is InChI=1S/C52H78N2O19/c1-5-31-18-30(24-66-51-45(63)48(42(60)38(23-56)72-51)65-25-33-21-32-14-9-10-15-34(32)67-26(33)2)20-35(46(31)73-52-44(62)43(61)40(58)27(3)68-52)70-50-39(53-28(4)57)47(41(59)37(22-55)71-50)69-36(49(64)54-16-11-17-54)19-29-12-7-6-8-13-29/h9-10,14-15,21,27,29-31,35-48,50-52,55-56,58-63H,2,5-8,11-13,16-20,22-25H2,1,3-4H3,(H,53,57)/t27?,30?,31?,35-,36+,37+,38?,39?,40-,41+,42-,43+,44?,45?,46-,47?,48?,50-,51+,52+/m1/s1. The first-order valence-electron chi connectivity index (χ1n) is 26.3. The van der Waals surface area contributed by atoms with Crippen LogP contribution in [0.3, 0.4) is 0 Å². The predicted octanol–water partition coefficient (Wildman–Crippen LogP) is 0.390. The first-order valence-corrected chi connectivity index (χ1v) is 26.3. The monoisotopic (exact) mass is 1030 g/mol. The molecule has 2 amide bonds. The number of ether oxygens (including phenoxy) is 9. The number of amides is 2. The molecule has 410 valence electrons. The average molecular weight is 1040 g/mol. The number of carbonyl (C=O) groups excluding carboxylic acids is 2. The van der Waals surface area contributed by atoms with E-state index >= 15 is 0 Å². The van der Waals surface area contributed by atoms with E-state index in [1.807, 2.05) is 31.2 Å². The second kappa shape index (κ2) is 25.3. The van der Waals surface area contributed by atoms with Crippen molar-refractivity contribution < 1.29 is 93.1 Å². The number of hydrogen-bond donors (Lipinski definition) is 9. The Labute approximate surface area is 426 Å². The van der Waals surface area contributed by atoms with Gasteiger partial charge in [0.15, 0.2) is 18.9 Å². The third kappa shape index (κ3) is 13.0. The molecular formula is C52H78N2O19. The van der Waals surface area contributed by atoms with Crippen LogP contribution < -0.4 is 10.1 Å². The molecule has 21 nitrogen and oxygen atoms in total. The van der Waals surface area contributed by atoms with E-state index in [1.165, 1.54) is 13.8 Å². The van der Waals surface area contributed by atoms with Crippen LogP contribution in [0.1, 0.15) is 90.5 Å². The molecule has 0 radical (unpaired) electrons. The van der Waals surface area contributed by atoms with Crippen molar-refractivity contribution in [3.05, 3.63) is 47.7 Å². The molecule has 6 fully saturated rings. The lowest BCUT2D eigenvalue weighted by atomic mass is 9.76. The van der Waals surface area contributed by atoms with Gasteiger partial charge in [-0.05, 0) is 62.5 Å². The Morgan fingerprint density at radius 1 is 0.781 bits per heavy atom. The van der Waals surface area contributed by atoms with Crippen LogP contribution in [0.25, 0.3) is 6.08 Å². The summed E-state index contributed by atoms with van der Waals surface area (Å²) in [6, 6.07) is 6.14. The summed E-state index contributed by atoms with van der Waals surface area (Å²) in [6.07, 6.45) is -13.1. The maximum atomic E-state index is 14.1. The largest absolute Gasteiger partial charge is 0.457 e. The van der Waals surface area contributed by atoms with E-state index in [2.05, 4.69) is 11.9 Å². The van der Waals surface area contributed by atoms with Crippen molar-refractivity contribution in [3.63, 3.8) is 0 Å². The molecule has 5 aliphatic heterocycles. The highest BCUT2D eigenvalue weighted by molar-refractivity contribution is 5.81. The van der Waals surface area contributed by atoms with Crippen LogP contribution in [-0.2, 0) is 47.5 Å². The molecule has 4 saturated heterocycles. The normalized spacial score (nSPS) is 39.7. The van der Waals surface area contributed by atoms with Crippen LogP contribution >= 0.6 is 0 Å². The van der Waals surface area contributed by atoms with Crippen molar-refractivity contribution in [2.75, 3.05) is 39.5 Å². The quantitative estimate of drug-likeness (QED) is 0.0906. The summed E-state index contributed by atoms with van der Waals surface area (Å²) in [4.78, 5) is 28.9. The molecular weight excluding hydrogens is 957 g/mol. The Hall–Kier alpha value is -3.20. The number of para-hydroxylation sites is 1. The second-order valence-electron chi connectivity index (χ2n) is 21.0. The highest BCUT2D eigenvalue weighted by Crippen LogP contribution is 2.41. The number of aliphatic hydroxyl groups is 8. The van der Waals surface area contributed by atoms with Crippen LogP contribution in [0.5, 0.6) is 5.75 Å². The lowest BCUT2D eigenvalue weighted by Crippen LogP contribution is -2.67. The number of fused-ring (bicyclic) bond motifs is 1. The molecule has 0 aromatic heterocycles. The molecule has 7 aliphatic rings. The zero-order valence-electron chi connectivity index (χ0n) is 42.0. The molecule has 0 bridgehead atoms. The molecule has 9 unspecified atom stereocenters. The summed E-state index contributed by atoms with van der Waals surface area (Å²) < 4.78 is 56.6. The summed E-state index contributed by atoms with van der Waals surface area (Å²) in [5.41, 5.74) is 1.37. The highest BCUT2D eigenvalue weighted by atomic mass is 16.7. The van der Waals surface area contributed by atoms with Gasteiger partial charge in [0.2, 0.25) is 5.91 Å². The van der Waals surface area contributed by atoms with Gasteiger partial charge in [0.1, 0.15) is 84.7 Å². The average Bonchev–Trinajstić information content (AvgIpc) is 3.36. The van der Waals surface area contributed by atoms with Crippen LogP contribution in [0, 0.1) is 17.8 Å². The Morgan fingerprint density at radius 2 is 1.48 bits per heavy atom. The van der Waals surface area contributed by atoms with Crippen molar-refractivity contribution in [1.82, 2.24) is 10.2 Å². The molecule has 1 aromatic rings. The third-order valence-corrected chi connectivity index (χ3v) is 15.8. The number of benzene rings is 1. The first kappa shape index (κ1) is 56.0. The first-order chi connectivity index (χ1) is 35.1. The number of aliphatic hydroxyl groups excluding tert-OH is 8. The molecule has 0 spiro atoms. The Balaban J connectivity index is 1.04. The van der Waals surface area contributed by atoms with Crippen molar-refractivity contribution in [2.24, 2.45) is 17.8 Å². The maximum Gasteiger partial charge on any atom is 0.251 e. The highest BCUT2D eigenvalue weighted by Gasteiger charge is 2.53. The van der Waals surface area contributed by atoms with E-state index in [0.29, 0.717) is 49.4 Å². The lowest BCUT2D eigenvalue weighted by Gasteiger charge is -2.50. The Bertz CT molecular complexity index is 2020. The van der Waals surface area contributed by atoms with Gasteiger partial charge in [0.05, 0.1) is 44.7 Å². The fraction of sp³-hybridized carbons (Fsp3) is 0.769. The summed E-state index contributed by atoms with van der Waals surface area (Å²) in [5.74, 6) is -0.333. The van der Waals surface area contributed by atoms with Crippen molar-refractivity contribution >= 4 is 17.9 Å². The minimum atomic E-state index is -1.66. The predicted molar refractivity (Wildman–Crippen MR) is 257 cm³/mol. The van der Waals surface area contributed by atoms with Gasteiger partial charge in [-0.25, -0.2) is 0 Å². The molecule has 73 heavy (non-hydrogen) atoms. The molecule has 9 N–H and O–H groups in total. The summed E-state index contributed by atoms with van der Waals surface area (Å²) in [7, 11) is 0.